The summed E-state index contributed by atoms with van der Waals surface area (Å²) in [6, 6.07) is 6.43. The Morgan fingerprint density at radius 1 is 1.39 bits per heavy atom. The highest BCUT2D eigenvalue weighted by Crippen LogP contribution is 2.35. The van der Waals surface area contributed by atoms with Crippen LogP contribution in [0.4, 0.5) is 5.69 Å². The van der Waals surface area contributed by atoms with Gasteiger partial charge in [-0.1, -0.05) is 35.2 Å². The predicted molar refractivity (Wildman–Crippen MR) is 81.9 cm³/mol. The zero-order valence-electron chi connectivity index (χ0n) is 11.3. The molecule has 2 nitrogen and oxygen atoms in total. The minimum Gasteiger partial charge on any atom is -0.379 e. The van der Waals surface area contributed by atoms with E-state index in [2.05, 4.69) is 53.3 Å². The maximum atomic E-state index is 5.98. The molecule has 1 unspecified atom stereocenters. The van der Waals surface area contributed by atoms with Crippen molar-refractivity contribution in [1.82, 2.24) is 0 Å². The van der Waals surface area contributed by atoms with Gasteiger partial charge in [0.2, 0.25) is 0 Å². The van der Waals surface area contributed by atoms with Crippen molar-refractivity contribution in [2.75, 3.05) is 11.9 Å². The first-order chi connectivity index (χ1) is 8.50. The van der Waals surface area contributed by atoms with Crippen molar-refractivity contribution in [3.8, 4) is 0 Å². The molecule has 1 aliphatic rings. The summed E-state index contributed by atoms with van der Waals surface area (Å²) in [5.74, 6) is 0.860. The van der Waals surface area contributed by atoms with Gasteiger partial charge in [0.1, 0.15) is 0 Å². The van der Waals surface area contributed by atoms with Gasteiger partial charge in [-0.2, -0.15) is 0 Å². The Kier molecular flexibility index (Phi) is 4.33. The van der Waals surface area contributed by atoms with E-state index in [1.165, 1.54) is 31.2 Å². The van der Waals surface area contributed by atoms with E-state index in [0.717, 1.165) is 16.1 Å². The number of hydrogen-bond acceptors (Lipinski definition) is 2. The smallest absolute Gasteiger partial charge is 0.0470 e. The van der Waals surface area contributed by atoms with E-state index in [-0.39, 0.29) is 5.54 Å². The first kappa shape index (κ1) is 13.9. The van der Waals surface area contributed by atoms with Crippen LogP contribution >= 0.6 is 15.9 Å². The molecule has 0 amide bonds. The quantitative estimate of drug-likeness (QED) is 0.860. The molecule has 0 bridgehead atoms. The number of nitrogens with two attached hydrogens (primary N) is 1. The van der Waals surface area contributed by atoms with E-state index in [0.29, 0.717) is 6.54 Å². The first-order valence-electron chi connectivity index (χ1n) is 6.76. The third-order valence-electron chi connectivity index (χ3n) is 3.90. The maximum absolute atomic E-state index is 5.98. The lowest BCUT2D eigenvalue weighted by Crippen LogP contribution is -2.45. The number of halogens is 1. The second kappa shape index (κ2) is 5.62. The molecule has 0 aliphatic heterocycles. The van der Waals surface area contributed by atoms with Gasteiger partial charge in [0.15, 0.2) is 0 Å². The molecule has 0 saturated heterocycles. The summed E-state index contributed by atoms with van der Waals surface area (Å²) in [6.45, 7) is 5.03. The SMILES string of the molecule is Cc1cc(Br)cc(NC(C)(CN)CC2CCC2)c1. The lowest BCUT2D eigenvalue weighted by Gasteiger charge is -2.37. The fourth-order valence-electron chi connectivity index (χ4n) is 2.68. The Morgan fingerprint density at radius 2 is 2.11 bits per heavy atom. The second-order valence-corrected chi connectivity index (χ2v) is 6.82. The van der Waals surface area contributed by atoms with Crippen molar-refractivity contribution in [3.63, 3.8) is 0 Å². The minimum atomic E-state index is 0.0122. The molecule has 3 N–H and O–H groups in total. The molecule has 0 heterocycles. The number of rotatable bonds is 5. The highest BCUT2D eigenvalue weighted by atomic mass is 79.9. The summed E-state index contributed by atoms with van der Waals surface area (Å²) in [5, 5.41) is 3.63. The van der Waals surface area contributed by atoms with Crippen LogP contribution < -0.4 is 11.1 Å². The van der Waals surface area contributed by atoms with E-state index in [1.807, 2.05) is 0 Å². The Balaban J connectivity index is 2.07. The molecular formula is C15H23BrN2. The summed E-state index contributed by atoms with van der Waals surface area (Å²) >= 11 is 3.55. The minimum absolute atomic E-state index is 0.0122. The molecule has 1 atom stereocenters. The van der Waals surface area contributed by atoms with Gasteiger partial charge >= 0.3 is 0 Å². The molecule has 1 saturated carbocycles. The van der Waals surface area contributed by atoms with Crippen LogP contribution in [0.1, 0.15) is 38.2 Å². The Bertz CT molecular complexity index is 395. The Hall–Kier alpha value is -0.540. The van der Waals surface area contributed by atoms with E-state index < -0.39 is 0 Å². The lowest BCUT2D eigenvalue weighted by molar-refractivity contribution is 0.248. The normalized spacial score (nSPS) is 19.1. The molecule has 1 fully saturated rings. The highest BCUT2D eigenvalue weighted by molar-refractivity contribution is 9.10. The summed E-state index contributed by atoms with van der Waals surface area (Å²) in [4.78, 5) is 0. The molecule has 1 aromatic rings. The van der Waals surface area contributed by atoms with Crippen LogP contribution in [0.5, 0.6) is 0 Å². The molecule has 0 aromatic heterocycles. The van der Waals surface area contributed by atoms with Gasteiger partial charge in [0.25, 0.3) is 0 Å². The van der Waals surface area contributed by atoms with Gasteiger partial charge in [-0.05, 0) is 49.9 Å². The largest absolute Gasteiger partial charge is 0.379 e. The third-order valence-corrected chi connectivity index (χ3v) is 4.36. The van der Waals surface area contributed by atoms with Crippen molar-refractivity contribution in [2.24, 2.45) is 11.7 Å². The predicted octanol–water partition coefficient (Wildman–Crippen LogP) is 4.08. The van der Waals surface area contributed by atoms with Crippen LogP contribution in [0.15, 0.2) is 22.7 Å². The number of anilines is 1. The van der Waals surface area contributed by atoms with Crippen molar-refractivity contribution in [2.45, 2.75) is 45.1 Å². The van der Waals surface area contributed by atoms with Crippen LogP contribution in [0.3, 0.4) is 0 Å². The van der Waals surface area contributed by atoms with Crippen molar-refractivity contribution < 1.29 is 0 Å². The van der Waals surface area contributed by atoms with Gasteiger partial charge in [0.05, 0.1) is 0 Å². The van der Waals surface area contributed by atoms with E-state index in [1.54, 1.807) is 0 Å². The van der Waals surface area contributed by atoms with E-state index >= 15 is 0 Å². The fraction of sp³-hybridized carbons (Fsp3) is 0.600. The average Bonchev–Trinajstić information content (AvgIpc) is 2.22. The van der Waals surface area contributed by atoms with Crippen LogP contribution in [0, 0.1) is 12.8 Å². The zero-order valence-corrected chi connectivity index (χ0v) is 12.9. The number of aryl methyl sites for hydroxylation is 1. The number of benzene rings is 1. The van der Waals surface area contributed by atoms with Gasteiger partial charge in [-0.25, -0.2) is 0 Å². The molecule has 0 radical (unpaired) electrons. The fourth-order valence-corrected chi connectivity index (χ4v) is 3.28. The van der Waals surface area contributed by atoms with E-state index in [9.17, 15) is 0 Å². The molecule has 18 heavy (non-hydrogen) atoms. The Labute approximate surface area is 118 Å². The van der Waals surface area contributed by atoms with Crippen molar-refractivity contribution >= 4 is 21.6 Å². The lowest BCUT2D eigenvalue weighted by atomic mass is 9.76. The molecule has 0 spiro atoms. The molecular weight excluding hydrogens is 288 g/mol. The Morgan fingerprint density at radius 3 is 2.61 bits per heavy atom. The molecule has 1 aliphatic carbocycles. The summed E-state index contributed by atoms with van der Waals surface area (Å²) in [5.41, 5.74) is 8.42. The average molecular weight is 311 g/mol. The van der Waals surface area contributed by atoms with E-state index in [4.69, 9.17) is 5.73 Å². The highest BCUT2D eigenvalue weighted by Gasteiger charge is 2.29. The zero-order chi connectivity index (χ0) is 13.2. The van der Waals surface area contributed by atoms with Crippen LogP contribution in [-0.4, -0.2) is 12.1 Å². The van der Waals surface area contributed by atoms with Gasteiger partial charge in [-0.15, -0.1) is 0 Å². The number of hydrogen-bond donors (Lipinski definition) is 2. The van der Waals surface area contributed by atoms with Gasteiger partial charge in [-0.3, -0.25) is 0 Å². The van der Waals surface area contributed by atoms with Crippen molar-refractivity contribution in [1.29, 1.82) is 0 Å². The first-order valence-corrected chi connectivity index (χ1v) is 7.55. The van der Waals surface area contributed by atoms with Crippen LogP contribution in [-0.2, 0) is 0 Å². The molecule has 1 aromatic carbocycles. The summed E-state index contributed by atoms with van der Waals surface area (Å²) in [7, 11) is 0. The molecule has 100 valence electrons. The summed E-state index contributed by atoms with van der Waals surface area (Å²) < 4.78 is 1.12. The molecule has 2 rings (SSSR count). The maximum Gasteiger partial charge on any atom is 0.0470 e. The summed E-state index contributed by atoms with van der Waals surface area (Å²) in [6.07, 6.45) is 5.31. The van der Waals surface area contributed by atoms with Gasteiger partial charge < -0.3 is 11.1 Å². The molecule has 3 heteroatoms. The monoisotopic (exact) mass is 310 g/mol. The topological polar surface area (TPSA) is 38.0 Å². The van der Waals surface area contributed by atoms with Crippen LogP contribution in [0.2, 0.25) is 0 Å². The van der Waals surface area contributed by atoms with Crippen LogP contribution in [0.25, 0.3) is 0 Å². The second-order valence-electron chi connectivity index (χ2n) is 5.91. The van der Waals surface area contributed by atoms with Crippen molar-refractivity contribution in [3.05, 3.63) is 28.2 Å². The third kappa shape index (κ3) is 3.48. The van der Waals surface area contributed by atoms with Gasteiger partial charge in [0, 0.05) is 22.2 Å². The standard InChI is InChI=1S/C15H23BrN2/c1-11-6-13(16)8-14(7-11)18-15(2,10-17)9-12-4-3-5-12/h6-8,12,18H,3-5,9-10,17H2,1-2H3. The number of nitrogens with one attached hydrogen (secondary N) is 1.